The molecule has 6 nitrogen and oxygen atoms in total. The van der Waals surface area contributed by atoms with Crippen molar-refractivity contribution in [2.45, 2.75) is 31.1 Å². The van der Waals surface area contributed by atoms with E-state index in [4.69, 9.17) is 4.74 Å². The van der Waals surface area contributed by atoms with Gasteiger partial charge in [0.25, 0.3) is 5.91 Å². The number of anilines is 1. The third kappa shape index (κ3) is 4.51. The number of carbonyl (C=O) groups is 2. The number of hydrogen-bond donors (Lipinski definition) is 1. The number of aryl methyl sites for hydroxylation is 1. The van der Waals surface area contributed by atoms with Gasteiger partial charge in [-0.15, -0.1) is 11.8 Å². The smallest absolute Gasteiger partial charge is 0.321 e. The van der Waals surface area contributed by atoms with Gasteiger partial charge in [-0.25, -0.2) is 4.79 Å². The summed E-state index contributed by atoms with van der Waals surface area (Å²) in [5, 5.41) is 3.00. The molecule has 2 aliphatic heterocycles. The predicted octanol–water partition coefficient (Wildman–Crippen LogP) is 4.47. The summed E-state index contributed by atoms with van der Waals surface area (Å²) in [5.74, 6) is 1.73. The quantitative estimate of drug-likeness (QED) is 0.764. The van der Waals surface area contributed by atoms with Gasteiger partial charge >= 0.3 is 6.03 Å². The number of hydrogen-bond acceptors (Lipinski definition) is 4. The first-order chi connectivity index (χ1) is 15.0. The average Bonchev–Trinajstić information content (AvgIpc) is 3.22. The maximum atomic E-state index is 13.2. The summed E-state index contributed by atoms with van der Waals surface area (Å²) < 4.78 is 5.20. The number of carbonyl (C=O) groups excluding carboxylic acids is 2. The fourth-order valence-electron chi connectivity index (χ4n) is 4.28. The van der Waals surface area contributed by atoms with E-state index in [0.717, 1.165) is 43.0 Å². The summed E-state index contributed by atoms with van der Waals surface area (Å²) in [6.45, 7) is 4.13. The molecular weight excluding hydrogens is 410 g/mol. The summed E-state index contributed by atoms with van der Waals surface area (Å²) in [6, 6.07) is 15.2. The Morgan fingerprint density at radius 1 is 1.03 bits per heavy atom. The van der Waals surface area contributed by atoms with E-state index >= 15 is 0 Å². The molecule has 3 amide bonds. The van der Waals surface area contributed by atoms with Crippen LogP contribution in [0.15, 0.2) is 48.5 Å². The number of rotatable bonds is 4. The van der Waals surface area contributed by atoms with E-state index in [-0.39, 0.29) is 16.8 Å². The number of ether oxygens (including phenoxy) is 1. The van der Waals surface area contributed by atoms with Gasteiger partial charge < -0.3 is 19.9 Å². The van der Waals surface area contributed by atoms with Crippen LogP contribution in [0.3, 0.4) is 0 Å². The molecule has 0 aliphatic carbocycles. The van der Waals surface area contributed by atoms with E-state index in [1.807, 2.05) is 70.1 Å². The zero-order valence-corrected chi connectivity index (χ0v) is 18.9. The molecule has 0 saturated carbocycles. The number of nitrogens with zero attached hydrogens (tertiary/aromatic N) is 2. The van der Waals surface area contributed by atoms with Crippen LogP contribution in [0.1, 0.15) is 35.7 Å². The van der Waals surface area contributed by atoms with Gasteiger partial charge in [0.05, 0.1) is 12.0 Å². The van der Waals surface area contributed by atoms with Crippen LogP contribution in [0, 0.1) is 0 Å². The van der Waals surface area contributed by atoms with Crippen molar-refractivity contribution in [3.8, 4) is 5.75 Å². The molecule has 0 radical (unpaired) electrons. The maximum Gasteiger partial charge on any atom is 0.321 e. The average molecular weight is 440 g/mol. The lowest BCUT2D eigenvalue weighted by atomic mass is 10.0. The summed E-state index contributed by atoms with van der Waals surface area (Å²) in [5.41, 5.74) is 2.74. The van der Waals surface area contributed by atoms with Gasteiger partial charge in [-0.05, 0) is 61.2 Å². The normalized spacial score (nSPS) is 17.6. The highest BCUT2D eigenvalue weighted by Crippen LogP contribution is 2.44. The fourth-order valence-corrected chi connectivity index (χ4v) is 5.74. The molecule has 0 aromatic heterocycles. The van der Waals surface area contributed by atoms with E-state index in [2.05, 4.69) is 12.2 Å². The van der Waals surface area contributed by atoms with Gasteiger partial charge in [0.15, 0.2) is 0 Å². The SMILES string of the molecule is CCc1ccc(NC(=O)N2CCC3(CC2)SCCN3C(=O)c2ccc(OC)cc2)cc1. The monoisotopic (exact) mass is 439 g/mol. The molecule has 31 heavy (non-hydrogen) atoms. The van der Waals surface area contributed by atoms with Crippen LogP contribution in [0.5, 0.6) is 5.75 Å². The van der Waals surface area contributed by atoms with Crippen LogP contribution in [0.25, 0.3) is 0 Å². The van der Waals surface area contributed by atoms with Crippen LogP contribution >= 0.6 is 11.8 Å². The highest BCUT2D eigenvalue weighted by Gasteiger charge is 2.47. The van der Waals surface area contributed by atoms with Crippen LogP contribution in [-0.4, -0.2) is 59.1 Å². The standard InChI is InChI=1S/C24H29N3O3S/c1-3-18-4-8-20(9-5-18)25-23(29)26-14-12-24(13-15-26)27(16-17-31-24)22(28)19-6-10-21(30-2)11-7-19/h4-11H,3,12-17H2,1-2H3,(H,25,29). The molecule has 2 heterocycles. The summed E-state index contributed by atoms with van der Waals surface area (Å²) in [4.78, 5) is 29.6. The molecule has 1 spiro atoms. The van der Waals surface area contributed by atoms with Crippen LogP contribution < -0.4 is 10.1 Å². The lowest BCUT2D eigenvalue weighted by molar-refractivity contribution is 0.0585. The second-order valence-electron chi connectivity index (χ2n) is 7.95. The first-order valence-electron chi connectivity index (χ1n) is 10.8. The molecule has 7 heteroatoms. The zero-order chi connectivity index (χ0) is 21.8. The van der Waals surface area contributed by atoms with E-state index < -0.39 is 0 Å². The minimum atomic E-state index is -0.226. The zero-order valence-electron chi connectivity index (χ0n) is 18.1. The van der Waals surface area contributed by atoms with Crippen LogP contribution in [0.2, 0.25) is 0 Å². The van der Waals surface area contributed by atoms with Crippen molar-refractivity contribution in [2.75, 3.05) is 37.8 Å². The van der Waals surface area contributed by atoms with Gasteiger partial charge in [-0.1, -0.05) is 19.1 Å². The third-order valence-corrected chi connectivity index (χ3v) is 7.76. The first-order valence-corrected chi connectivity index (χ1v) is 11.8. The maximum absolute atomic E-state index is 13.2. The van der Waals surface area contributed by atoms with Gasteiger partial charge in [0.1, 0.15) is 5.75 Å². The first kappa shape index (κ1) is 21.6. The van der Waals surface area contributed by atoms with Gasteiger partial charge in [-0.3, -0.25) is 4.79 Å². The van der Waals surface area contributed by atoms with E-state index in [1.54, 1.807) is 7.11 Å². The van der Waals surface area contributed by atoms with Crippen molar-refractivity contribution in [2.24, 2.45) is 0 Å². The van der Waals surface area contributed by atoms with Gasteiger partial charge in [-0.2, -0.15) is 0 Å². The van der Waals surface area contributed by atoms with Gasteiger partial charge in [0.2, 0.25) is 0 Å². The third-order valence-electron chi connectivity index (χ3n) is 6.21. The molecule has 0 unspecified atom stereocenters. The fraction of sp³-hybridized carbons (Fsp3) is 0.417. The van der Waals surface area contributed by atoms with Crippen LogP contribution in [0.4, 0.5) is 10.5 Å². The van der Waals surface area contributed by atoms with E-state index in [1.165, 1.54) is 5.56 Å². The molecule has 0 bridgehead atoms. The Bertz CT molecular complexity index is 922. The Labute approximate surface area is 187 Å². The molecular formula is C24H29N3O3S. The number of nitrogens with one attached hydrogen (secondary N) is 1. The Kier molecular flexibility index (Phi) is 6.41. The van der Waals surface area contributed by atoms with Crippen molar-refractivity contribution >= 4 is 29.4 Å². The van der Waals surface area contributed by atoms with Crippen molar-refractivity contribution in [1.82, 2.24) is 9.80 Å². The summed E-state index contributed by atoms with van der Waals surface area (Å²) in [6.07, 6.45) is 2.54. The van der Waals surface area contributed by atoms with Crippen molar-refractivity contribution in [3.63, 3.8) is 0 Å². The number of likely N-dealkylation sites (tertiary alicyclic amines) is 1. The molecule has 2 aromatic rings. The Morgan fingerprint density at radius 3 is 2.32 bits per heavy atom. The van der Waals surface area contributed by atoms with Crippen molar-refractivity contribution < 1.29 is 14.3 Å². The minimum Gasteiger partial charge on any atom is -0.497 e. The lowest BCUT2D eigenvalue weighted by Crippen LogP contribution is -2.54. The van der Waals surface area contributed by atoms with Crippen molar-refractivity contribution in [1.29, 1.82) is 0 Å². The Hall–Kier alpha value is -2.67. The largest absolute Gasteiger partial charge is 0.497 e. The Morgan fingerprint density at radius 2 is 1.71 bits per heavy atom. The molecule has 2 saturated heterocycles. The topological polar surface area (TPSA) is 61.9 Å². The molecule has 1 N–H and O–H groups in total. The number of benzene rings is 2. The second-order valence-corrected chi connectivity index (χ2v) is 9.40. The molecule has 164 valence electrons. The molecule has 2 aliphatic rings. The Balaban J connectivity index is 1.38. The van der Waals surface area contributed by atoms with Gasteiger partial charge in [0, 0.05) is 36.6 Å². The molecule has 4 rings (SSSR count). The number of urea groups is 1. The summed E-state index contributed by atoms with van der Waals surface area (Å²) >= 11 is 1.85. The minimum absolute atomic E-state index is 0.0570. The lowest BCUT2D eigenvalue weighted by Gasteiger charge is -2.44. The highest BCUT2D eigenvalue weighted by atomic mass is 32.2. The number of thioether (sulfide) groups is 1. The number of piperidine rings is 1. The van der Waals surface area contributed by atoms with E-state index in [0.29, 0.717) is 18.7 Å². The second kappa shape index (κ2) is 9.22. The molecule has 0 atom stereocenters. The van der Waals surface area contributed by atoms with Crippen molar-refractivity contribution in [3.05, 3.63) is 59.7 Å². The molecule has 2 aromatic carbocycles. The predicted molar refractivity (Wildman–Crippen MR) is 125 cm³/mol. The van der Waals surface area contributed by atoms with E-state index in [9.17, 15) is 9.59 Å². The van der Waals surface area contributed by atoms with Crippen LogP contribution in [-0.2, 0) is 6.42 Å². The number of methoxy groups -OCH3 is 1. The highest BCUT2D eigenvalue weighted by molar-refractivity contribution is 8.00. The molecule has 2 fully saturated rings. The summed E-state index contributed by atoms with van der Waals surface area (Å²) in [7, 11) is 1.62. The number of amides is 3.